The molecule has 0 unspecified atom stereocenters. The molecule has 36 heavy (non-hydrogen) atoms. The first kappa shape index (κ1) is 26.2. The molecule has 6 nitrogen and oxygen atoms in total. The molecule has 3 aliphatic heterocycles. The summed E-state index contributed by atoms with van der Waals surface area (Å²) in [6.45, 7) is 4.39. The van der Waals surface area contributed by atoms with E-state index in [2.05, 4.69) is 17.0 Å². The van der Waals surface area contributed by atoms with Crippen molar-refractivity contribution in [1.82, 2.24) is 9.80 Å². The summed E-state index contributed by atoms with van der Waals surface area (Å²) in [7, 11) is 0. The smallest absolute Gasteiger partial charge is 0.415 e. The highest BCUT2D eigenvalue weighted by atomic mass is 16.6. The summed E-state index contributed by atoms with van der Waals surface area (Å²) >= 11 is 0. The molecule has 2 aromatic rings. The van der Waals surface area contributed by atoms with E-state index in [1.165, 1.54) is 6.42 Å². The van der Waals surface area contributed by atoms with Crippen LogP contribution in [0.5, 0.6) is 11.5 Å². The van der Waals surface area contributed by atoms with Gasteiger partial charge in [0, 0.05) is 25.6 Å². The molecule has 3 saturated heterocycles. The second-order valence-electron chi connectivity index (χ2n) is 10.1. The van der Waals surface area contributed by atoms with Crippen LogP contribution in [0, 0.1) is 5.92 Å². The van der Waals surface area contributed by atoms with Gasteiger partial charge in [0.15, 0.2) is 0 Å². The summed E-state index contributed by atoms with van der Waals surface area (Å²) in [5.41, 5.74) is 1.12. The van der Waals surface area contributed by atoms with Crippen LogP contribution >= 0.6 is 0 Å². The zero-order chi connectivity index (χ0) is 25.0. The van der Waals surface area contributed by atoms with Crippen molar-refractivity contribution in [2.75, 3.05) is 26.2 Å². The van der Waals surface area contributed by atoms with Crippen LogP contribution in [0.15, 0.2) is 54.6 Å². The highest BCUT2D eigenvalue weighted by molar-refractivity contribution is 5.71. The van der Waals surface area contributed by atoms with E-state index in [9.17, 15) is 9.59 Å². The molecular weight excluding hydrogens is 452 g/mol. The summed E-state index contributed by atoms with van der Waals surface area (Å²) in [5.74, 6) is 1.78. The summed E-state index contributed by atoms with van der Waals surface area (Å²) in [4.78, 5) is 28.2. The lowest BCUT2D eigenvalue weighted by molar-refractivity contribution is -0.107. The Morgan fingerprint density at radius 3 is 2.36 bits per heavy atom. The molecule has 194 valence electrons. The monoisotopic (exact) mass is 492 g/mol. The van der Waals surface area contributed by atoms with Gasteiger partial charge in [0.25, 0.3) is 0 Å². The molecule has 3 aliphatic rings. The average Bonchev–Trinajstić information content (AvgIpc) is 2.92. The van der Waals surface area contributed by atoms with Gasteiger partial charge in [-0.05, 0) is 62.4 Å². The van der Waals surface area contributed by atoms with Gasteiger partial charge in [0.05, 0.1) is 12.6 Å². The van der Waals surface area contributed by atoms with E-state index in [1.54, 1.807) is 0 Å². The first-order chi connectivity index (χ1) is 17.7. The summed E-state index contributed by atoms with van der Waals surface area (Å²) < 4.78 is 11.8. The first-order valence-corrected chi connectivity index (χ1v) is 13.6. The van der Waals surface area contributed by atoms with Gasteiger partial charge in [0.2, 0.25) is 0 Å². The Morgan fingerprint density at radius 2 is 1.64 bits per heavy atom. The maximum atomic E-state index is 13.5. The molecular formula is C30H40N2O4. The maximum absolute atomic E-state index is 13.5. The van der Waals surface area contributed by atoms with Crippen molar-refractivity contribution >= 4 is 12.4 Å². The van der Waals surface area contributed by atoms with E-state index in [-0.39, 0.29) is 12.1 Å². The molecule has 2 bridgehead atoms. The van der Waals surface area contributed by atoms with Crippen LogP contribution < -0.4 is 9.47 Å². The molecule has 6 heteroatoms. The third kappa shape index (κ3) is 7.82. The van der Waals surface area contributed by atoms with Crippen LogP contribution in [-0.4, -0.2) is 54.5 Å². The first-order valence-electron chi connectivity index (χ1n) is 13.6. The Morgan fingerprint density at radius 1 is 0.917 bits per heavy atom. The maximum Gasteiger partial charge on any atom is 0.415 e. The van der Waals surface area contributed by atoms with Gasteiger partial charge >= 0.3 is 6.09 Å². The quantitative estimate of drug-likeness (QED) is 0.236. The Bertz CT molecular complexity index is 943. The van der Waals surface area contributed by atoms with Gasteiger partial charge in [0.1, 0.15) is 17.8 Å². The number of aldehydes is 1. The molecule has 5 rings (SSSR count). The number of piperidine rings is 3. The standard InChI is InChI=1S/C30H40N2O4/c33-20-9-4-2-1-3-5-10-21-35-27-14-11-15-28(22-27)36-30(34)32(23-25-12-7-6-8-13-25)29-24-31-18-16-26(29)17-19-31/h6-8,11-15,20,22,26,29H,1-5,9-10,16-19,21,23-24H2/t29-/m0/s1. The number of carbonyl (C=O) groups excluding carboxylic acids is 2. The molecule has 0 aromatic heterocycles. The van der Waals surface area contributed by atoms with Crippen molar-refractivity contribution in [3.63, 3.8) is 0 Å². The summed E-state index contributed by atoms with van der Waals surface area (Å²) in [5, 5.41) is 0. The molecule has 0 radical (unpaired) electrons. The van der Waals surface area contributed by atoms with Crippen molar-refractivity contribution in [3.8, 4) is 11.5 Å². The van der Waals surface area contributed by atoms with Gasteiger partial charge in [-0.15, -0.1) is 0 Å². The number of fused-ring (bicyclic) bond motifs is 3. The van der Waals surface area contributed by atoms with Crippen molar-refractivity contribution in [2.45, 2.75) is 70.4 Å². The number of amides is 1. The number of hydrogen-bond donors (Lipinski definition) is 0. The second-order valence-corrected chi connectivity index (χ2v) is 10.1. The Labute approximate surface area is 215 Å². The van der Waals surface area contributed by atoms with Crippen LogP contribution in [0.3, 0.4) is 0 Å². The van der Waals surface area contributed by atoms with Gasteiger partial charge in [-0.25, -0.2) is 4.79 Å². The molecule has 0 spiro atoms. The van der Waals surface area contributed by atoms with Gasteiger partial charge in [-0.3, -0.25) is 4.90 Å². The lowest BCUT2D eigenvalue weighted by Gasteiger charge is -2.48. The number of unbranched alkanes of at least 4 members (excludes halogenated alkanes) is 6. The van der Waals surface area contributed by atoms with Gasteiger partial charge < -0.3 is 19.2 Å². The van der Waals surface area contributed by atoms with Crippen LogP contribution in [-0.2, 0) is 11.3 Å². The highest BCUT2D eigenvalue weighted by Crippen LogP contribution is 2.32. The van der Waals surface area contributed by atoms with Crippen molar-refractivity contribution in [2.24, 2.45) is 5.92 Å². The molecule has 2 aromatic carbocycles. The van der Waals surface area contributed by atoms with Crippen molar-refractivity contribution in [1.29, 1.82) is 0 Å². The van der Waals surface area contributed by atoms with Crippen LogP contribution in [0.4, 0.5) is 4.79 Å². The van der Waals surface area contributed by atoms with Gasteiger partial charge in [-0.1, -0.05) is 62.1 Å². The van der Waals surface area contributed by atoms with E-state index in [0.29, 0.717) is 31.2 Å². The van der Waals surface area contributed by atoms with E-state index in [4.69, 9.17) is 9.47 Å². The summed E-state index contributed by atoms with van der Waals surface area (Å²) in [6, 6.07) is 17.8. The number of ether oxygens (including phenoxy) is 2. The van der Waals surface area contributed by atoms with Crippen molar-refractivity contribution in [3.05, 3.63) is 60.2 Å². The van der Waals surface area contributed by atoms with E-state index >= 15 is 0 Å². The van der Waals surface area contributed by atoms with E-state index in [1.807, 2.05) is 47.4 Å². The molecule has 3 heterocycles. The number of hydrogen-bond acceptors (Lipinski definition) is 5. The van der Waals surface area contributed by atoms with Gasteiger partial charge in [-0.2, -0.15) is 0 Å². The molecule has 0 aliphatic carbocycles. The molecule has 0 saturated carbocycles. The normalized spacial score (nSPS) is 20.6. The molecule has 0 N–H and O–H groups in total. The zero-order valence-corrected chi connectivity index (χ0v) is 21.4. The van der Waals surface area contributed by atoms with Crippen LogP contribution in [0.1, 0.15) is 63.4 Å². The minimum absolute atomic E-state index is 0.179. The zero-order valence-electron chi connectivity index (χ0n) is 21.4. The average molecular weight is 493 g/mol. The Kier molecular flexibility index (Phi) is 10.2. The number of rotatable bonds is 14. The third-order valence-electron chi connectivity index (χ3n) is 7.45. The van der Waals surface area contributed by atoms with E-state index < -0.39 is 0 Å². The number of benzene rings is 2. The fraction of sp³-hybridized carbons (Fsp3) is 0.533. The predicted molar refractivity (Wildman–Crippen MR) is 141 cm³/mol. The topological polar surface area (TPSA) is 59.1 Å². The third-order valence-corrected chi connectivity index (χ3v) is 7.45. The highest BCUT2D eigenvalue weighted by Gasteiger charge is 2.40. The second kappa shape index (κ2) is 14.0. The minimum Gasteiger partial charge on any atom is -0.493 e. The Balaban J connectivity index is 1.30. The largest absolute Gasteiger partial charge is 0.493 e. The predicted octanol–water partition coefficient (Wildman–Crippen LogP) is 6.09. The lowest BCUT2D eigenvalue weighted by atomic mass is 9.83. The fourth-order valence-corrected chi connectivity index (χ4v) is 5.40. The number of nitrogens with zero attached hydrogens (tertiary/aromatic N) is 2. The van der Waals surface area contributed by atoms with Crippen molar-refractivity contribution < 1.29 is 19.1 Å². The Hall–Kier alpha value is -2.86. The van der Waals surface area contributed by atoms with E-state index in [0.717, 1.165) is 82.2 Å². The molecule has 1 atom stereocenters. The summed E-state index contributed by atoms with van der Waals surface area (Å²) in [6.07, 6.45) is 10.2. The molecule has 1 amide bonds. The fourth-order valence-electron chi connectivity index (χ4n) is 5.40. The van der Waals surface area contributed by atoms with Crippen LogP contribution in [0.25, 0.3) is 0 Å². The SMILES string of the molecule is O=CCCCCCCCCOc1cccc(OC(=O)N(Cc2ccccc2)[C@H]2CN3CCC2CC3)c1. The number of carbonyl (C=O) groups is 2. The lowest BCUT2D eigenvalue weighted by Crippen LogP contribution is -2.58. The minimum atomic E-state index is -0.288. The van der Waals surface area contributed by atoms with Crippen LogP contribution in [0.2, 0.25) is 0 Å². The molecule has 3 fully saturated rings.